The second kappa shape index (κ2) is 7.19. The Morgan fingerprint density at radius 1 is 1.25 bits per heavy atom. The molecule has 0 aliphatic heterocycles. The molecule has 1 aliphatic rings. The van der Waals surface area contributed by atoms with Crippen LogP contribution in [0.5, 0.6) is 0 Å². The fourth-order valence-corrected chi connectivity index (χ4v) is 2.90. The van der Waals surface area contributed by atoms with E-state index in [1.807, 2.05) is 0 Å². The van der Waals surface area contributed by atoms with Gasteiger partial charge in [-0.2, -0.15) is 13.2 Å². The van der Waals surface area contributed by atoms with Gasteiger partial charge in [0, 0.05) is 11.6 Å². The molecule has 4 nitrogen and oxygen atoms in total. The van der Waals surface area contributed by atoms with Crippen molar-refractivity contribution in [2.75, 3.05) is 5.32 Å². The summed E-state index contributed by atoms with van der Waals surface area (Å²) in [5.41, 5.74) is 0.0658. The minimum atomic E-state index is -4.32. The summed E-state index contributed by atoms with van der Waals surface area (Å²) in [6, 6.07) is 3.54. The molecule has 1 aliphatic carbocycles. The van der Waals surface area contributed by atoms with E-state index in [9.17, 15) is 27.2 Å². The molecule has 1 aromatic rings. The van der Waals surface area contributed by atoms with Gasteiger partial charge in [0.2, 0.25) is 5.91 Å². The predicted molar refractivity (Wildman–Crippen MR) is 77.9 cm³/mol. The minimum Gasteiger partial charge on any atom is -0.481 e. The van der Waals surface area contributed by atoms with Crippen LogP contribution >= 0.6 is 0 Å². The number of hydrogen-bond acceptors (Lipinski definition) is 2. The highest BCUT2D eigenvalue weighted by Crippen LogP contribution is 2.40. The van der Waals surface area contributed by atoms with E-state index in [1.165, 1.54) is 12.1 Å². The van der Waals surface area contributed by atoms with E-state index in [4.69, 9.17) is 5.11 Å². The Bertz CT molecular complexity index is 630. The maximum Gasteiger partial charge on any atom is 0.391 e. The fraction of sp³-hybridized carbons (Fsp3) is 0.500. The number of hydrogen-bond donors (Lipinski definition) is 2. The molecule has 8 heteroatoms. The van der Waals surface area contributed by atoms with Crippen molar-refractivity contribution in [1.29, 1.82) is 0 Å². The van der Waals surface area contributed by atoms with Crippen molar-refractivity contribution in [3.05, 3.63) is 29.6 Å². The van der Waals surface area contributed by atoms with Crippen LogP contribution in [-0.4, -0.2) is 23.2 Å². The Kier molecular flexibility index (Phi) is 5.46. The average molecular weight is 347 g/mol. The number of halogens is 4. The first-order chi connectivity index (χ1) is 11.2. The van der Waals surface area contributed by atoms with Crippen LogP contribution in [0.3, 0.4) is 0 Å². The number of aliphatic carboxylic acids is 1. The summed E-state index contributed by atoms with van der Waals surface area (Å²) in [6.45, 7) is 0. The molecular formula is C16H17F4NO3. The SMILES string of the molecule is O=C(O)Cc1ccc(NC(=O)C2CCCC(C(F)(F)F)C2)cc1F. The van der Waals surface area contributed by atoms with Crippen LogP contribution in [0.1, 0.15) is 31.2 Å². The third-order valence-electron chi connectivity index (χ3n) is 4.17. The monoisotopic (exact) mass is 347 g/mol. The maximum absolute atomic E-state index is 13.8. The third-order valence-corrected chi connectivity index (χ3v) is 4.17. The summed E-state index contributed by atoms with van der Waals surface area (Å²) >= 11 is 0. The van der Waals surface area contributed by atoms with Gasteiger partial charge in [-0.25, -0.2) is 4.39 Å². The van der Waals surface area contributed by atoms with Crippen LogP contribution in [0.4, 0.5) is 23.2 Å². The van der Waals surface area contributed by atoms with Crippen molar-refractivity contribution >= 4 is 17.6 Å². The van der Waals surface area contributed by atoms with Crippen LogP contribution in [-0.2, 0) is 16.0 Å². The number of nitrogens with one attached hydrogen (secondary N) is 1. The molecule has 0 saturated heterocycles. The highest BCUT2D eigenvalue weighted by atomic mass is 19.4. The van der Waals surface area contributed by atoms with Gasteiger partial charge in [-0.15, -0.1) is 0 Å². The Labute approximate surface area is 135 Å². The first-order valence-electron chi connectivity index (χ1n) is 7.54. The van der Waals surface area contributed by atoms with Gasteiger partial charge in [0.25, 0.3) is 0 Å². The number of amides is 1. The third kappa shape index (κ3) is 4.69. The van der Waals surface area contributed by atoms with E-state index in [0.29, 0.717) is 12.8 Å². The number of rotatable bonds is 4. The van der Waals surface area contributed by atoms with E-state index in [2.05, 4.69) is 5.32 Å². The summed E-state index contributed by atoms with van der Waals surface area (Å²) in [7, 11) is 0. The standard InChI is InChI=1S/C16H17F4NO3/c17-13-8-12(5-4-9(13)7-14(22)23)21-15(24)10-2-1-3-11(6-10)16(18,19)20/h4-5,8,10-11H,1-3,6-7H2,(H,21,24)(H,22,23). The van der Waals surface area contributed by atoms with Gasteiger partial charge in [-0.1, -0.05) is 12.5 Å². The zero-order valence-corrected chi connectivity index (χ0v) is 12.7. The maximum atomic E-state index is 13.8. The van der Waals surface area contributed by atoms with E-state index in [1.54, 1.807) is 0 Å². The molecular weight excluding hydrogens is 330 g/mol. The molecule has 2 rings (SSSR count). The van der Waals surface area contributed by atoms with Crippen molar-refractivity contribution in [1.82, 2.24) is 0 Å². The molecule has 24 heavy (non-hydrogen) atoms. The average Bonchev–Trinajstić information content (AvgIpc) is 2.49. The predicted octanol–water partition coefficient (Wildman–Crippen LogP) is 3.76. The van der Waals surface area contributed by atoms with Gasteiger partial charge in [0.15, 0.2) is 0 Å². The number of carboxylic acid groups (broad SMARTS) is 1. The number of anilines is 1. The van der Waals surface area contributed by atoms with Crippen LogP contribution in [0.25, 0.3) is 0 Å². The Morgan fingerprint density at radius 3 is 2.54 bits per heavy atom. The second-order valence-corrected chi connectivity index (χ2v) is 5.97. The first kappa shape index (κ1) is 18.2. The quantitative estimate of drug-likeness (QED) is 0.815. The molecule has 2 unspecified atom stereocenters. The lowest BCUT2D eigenvalue weighted by molar-refractivity contribution is -0.185. The topological polar surface area (TPSA) is 66.4 Å². The summed E-state index contributed by atoms with van der Waals surface area (Å²) < 4.78 is 52.1. The zero-order chi connectivity index (χ0) is 17.9. The largest absolute Gasteiger partial charge is 0.481 e. The highest BCUT2D eigenvalue weighted by Gasteiger charge is 2.43. The van der Waals surface area contributed by atoms with Gasteiger partial charge in [-0.3, -0.25) is 9.59 Å². The second-order valence-electron chi connectivity index (χ2n) is 5.97. The van der Waals surface area contributed by atoms with Crippen LogP contribution in [0.2, 0.25) is 0 Å². The van der Waals surface area contributed by atoms with Crippen LogP contribution in [0, 0.1) is 17.7 Å². The molecule has 2 atom stereocenters. The number of carbonyl (C=O) groups excluding carboxylic acids is 1. The van der Waals surface area contributed by atoms with Crippen molar-refractivity contribution < 1.29 is 32.3 Å². The van der Waals surface area contributed by atoms with Crippen molar-refractivity contribution in [2.24, 2.45) is 11.8 Å². The van der Waals surface area contributed by atoms with Crippen molar-refractivity contribution in [3.8, 4) is 0 Å². The first-order valence-corrected chi connectivity index (χ1v) is 7.54. The number of carbonyl (C=O) groups is 2. The molecule has 1 saturated carbocycles. The molecule has 1 aromatic carbocycles. The van der Waals surface area contributed by atoms with Gasteiger partial charge in [-0.05, 0) is 37.0 Å². The van der Waals surface area contributed by atoms with E-state index < -0.39 is 42.1 Å². The van der Waals surface area contributed by atoms with Crippen molar-refractivity contribution in [2.45, 2.75) is 38.3 Å². The van der Waals surface area contributed by atoms with Gasteiger partial charge < -0.3 is 10.4 Å². The minimum absolute atomic E-state index is 0.0196. The molecule has 0 heterocycles. The van der Waals surface area contributed by atoms with E-state index in [-0.39, 0.29) is 24.1 Å². The summed E-state index contributed by atoms with van der Waals surface area (Å²) in [6.07, 6.45) is -4.38. The summed E-state index contributed by atoms with van der Waals surface area (Å²) in [4.78, 5) is 22.7. The Morgan fingerprint density at radius 2 is 1.96 bits per heavy atom. The van der Waals surface area contributed by atoms with Gasteiger partial charge >= 0.3 is 12.1 Å². The molecule has 1 amide bonds. The van der Waals surface area contributed by atoms with Gasteiger partial charge in [0.05, 0.1) is 12.3 Å². The highest BCUT2D eigenvalue weighted by molar-refractivity contribution is 5.92. The molecule has 0 bridgehead atoms. The molecule has 0 radical (unpaired) electrons. The Balaban J connectivity index is 2.01. The Hall–Kier alpha value is -2.12. The normalized spacial score (nSPS) is 21.3. The lowest BCUT2D eigenvalue weighted by Crippen LogP contribution is -2.34. The number of carboxylic acids is 1. The smallest absolute Gasteiger partial charge is 0.391 e. The summed E-state index contributed by atoms with van der Waals surface area (Å²) in [5.74, 6) is -4.81. The van der Waals surface area contributed by atoms with E-state index in [0.717, 1.165) is 6.07 Å². The van der Waals surface area contributed by atoms with Crippen LogP contribution < -0.4 is 5.32 Å². The molecule has 0 aromatic heterocycles. The molecule has 1 fully saturated rings. The number of alkyl halides is 3. The lowest BCUT2D eigenvalue weighted by atomic mass is 9.80. The van der Waals surface area contributed by atoms with Crippen LogP contribution in [0.15, 0.2) is 18.2 Å². The summed E-state index contributed by atoms with van der Waals surface area (Å²) in [5, 5.41) is 11.0. The molecule has 132 valence electrons. The molecule has 2 N–H and O–H groups in total. The molecule has 0 spiro atoms. The number of benzene rings is 1. The van der Waals surface area contributed by atoms with Gasteiger partial charge in [0.1, 0.15) is 5.82 Å². The van der Waals surface area contributed by atoms with Crippen molar-refractivity contribution in [3.63, 3.8) is 0 Å². The van der Waals surface area contributed by atoms with E-state index >= 15 is 0 Å². The zero-order valence-electron chi connectivity index (χ0n) is 12.7. The fourth-order valence-electron chi connectivity index (χ4n) is 2.90. The lowest BCUT2D eigenvalue weighted by Gasteiger charge is -2.29.